The molecule has 0 saturated carbocycles. The molecule has 0 amide bonds. The molecule has 1 fully saturated rings. The molecule has 2 aliphatic rings. The summed E-state index contributed by atoms with van der Waals surface area (Å²) >= 11 is 0. The van der Waals surface area contributed by atoms with Gasteiger partial charge in [0.1, 0.15) is 5.60 Å². The van der Waals surface area contributed by atoms with Crippen molar-refractivity contribution in [3.63, 3.8) is 0 Å². The van der Waals surface area contributed by atoms with E-state index in [1.54, 1.807) is 12.2 Å². The minimum Gasteiger partial charge on any atom is -0.361 e. The molecule has 2 aliphatic heterocycles. The molecule has 0 aliphatic carbocycles. The molecule has 0 bridgehead atoms. The molecule has 0 aromatic heterocycles. The van der Waals surface area contributed by atoms with Crippen LogP contribution in [-0.4, -0.2) is 31.1 Å². The number of carbonyl (C=O) groups excluding carboxylic acids is 1. The van der Waals surface area contributed by atoms with Crippen LogP contribution in [0.2, 0.25) is 0 Å². The maximum Gasteiger partial charge on any atom is 0.188 e. The number of hydrogen-bond donors (Lipinski definition) is 1. The summed E-state index contributed by atoms with van der Waals surface area (Å²) in [6.07, 6.45) is 5.32. The molecule has 0 aromatic carbocycles. The third-order valence-electron chi connectivity index (χ3n) is 2.52. The fourth-order valence-electron chi connectivity index (χ4n) is 1.80. The number of carbonyl (C=O) groups is 1. The number of nitrogens with one attached hydrogen (secondary N) is 1. The fraction of sp³-hybridized carbons (Fsp3) is 0.667. The van der Waals surface area contributed by atoms with Crippen molar-refractivity contribution in [1.29, 1.82) is 0 Å². The quantitative estimate of drug-likeness (QED) is 0.562. The Morgan fingerprint density at radius 2 is 2.50 bits per heavy atom. The average molecular weight is 167 g/mol. The molecule has 2 heterocycles. The molecular weight excluding hydrogens is 154 g/mol. The minimum atomic E-state index is -0.521. The maximum absolute atomic E-state index is 11.5. The third-order valence-corrected chi connectivity index (χ3v) is 2.52. The van der Waals surface area contributed by atoms with Gasteiger partial charge in [0.15, 0.2) is 5.78 Å². The molecule has 2 rings (SSSR count). The van der Waals surface area contributed by atoms with Crippen LogP contribution in [0.5, 0.6) is 0 Å². The van der Waals surface area contributed by atoms with E-state index in [1.807, 2.05) is 0 Å². The zero-order valence-corrected chi connectivity index (χ0v) is 7.01. The Morgan fingerprint density at radius 1 is 1.58 bits per heavy atom. The van der Waals surface area contributed by atoms with Crippen molar-refractivity contribution in [2.24, 2.45) is 0 Å². The predicted molar refractivity (Wildman–Crippen MR) is 44.9 cm³/mol. The standard InChI is InChI=1S/C9H13NO2/c11-8-3-1-6-12-9(8)4-2-5-10-7-9/h1,3,10H,2,4-7H2. The summed E-state index contributed by atoms with van der Waals surface area (Å²) in [4.78, 5) is 11.5. The van der Waals surface area contributed by atoms with E-state index in [-0.39, 0.29) is 5.78 Å². The summed E-state index contributed by atoms with van der Waals surface area (Å²) in [5.74, 6) is 0.126. The van der Waals surface area contributed by atoms with Crippen molar-refractivity contribution in [2.75, 3.05) is 19.7 Å². The second-order valence-corrected chi connectivity index (χ2v) is 3.35. The van der Waals surface area contributed by atoms with E-state index in [2.05, 4.69) is 5.32 Å². The zero-order valence-electron chi connectivity index (χ0n) is 7.01. The molecule has 66 valence electrons. The van der Waals surface area contributed by atoms with Crippen molar-refractivity contribution in [3.8, 4) is 0 Å². The van der Waals surface area contributed by atoms with Crippen LogP contribution in [0.1, 0.15) is 12.8 Å². The first kappa shape index (κ1) is 7.95. The van der Waals surface area contributed by atoms with Crippen molar-refractivity contribution < 1.29 is 9.53 Å². The summed E-state index contributed by atoms with van der Waals surface area (Å²) in [6.45, 7) is 2.26. The topological polar surface area (TPSA) is 38.3 Å². The molecule has 1 saturated heterocycles. The first-order valence-electron chi connectivity index (χ1n) is 4.39. The molecule has 1 spiro atoms. The fourth-order valence-corrected chi connectivity index (χ4v) is 1.80. The predicted octanol–water partition coefficient (Wildman–Crippen LogP) is 0.264. The SMILES string of the molecule is O=C1C=CCOC12CCCNC2. The Kier molecular flexibility index (Phi) is 1.98. The molecule has 0 radical (unpaired) electrons. The van der Waals surface area contributed by atoms with Crippen LogP contribution in [0, 0.1) is 0 Å². The Labute approximate surface area is 71.8 Å². The molecule has 3 heteroatoms. The first-order valence-corrected chi connectivity index (χ1v) is 4.39. The lowest BCUT2D eigenvalue weighted by Crippen LogP contribution is -2.54. The van der Waals surface area contributed by atoms with Crippen molar-refractivity contribution in [2.45, 2.75) is 18.4 Å². The summed E-state index contributed by atoms with van der Waals surface area (Å²) in [5, 5.41) is 3.20. The largest absolute Gasteiger partial charge is 0.361 e. The molecule has 0 aromatic rings. The van der Waals surface area contributed by atoms with Gasteiger partial charge in [-0.1, -0.05) is 6.08 Å². The summed E-state index contributed by atoms with van der Waals surface area (Å²) in [5.41, 5.74) is -0.521. The van der Waals surface area contributed by atoms with Crippen LogP contribution >= 0.6 is 0 Å². The van der Waals surface area contributed by atoms with E-state index in [0.29, 0.717) is 13.2 Å². The van der Waals surface area contributed by atoms with Crippen molar-refractivity contribution in [1.82, 2.24) is 5.32 Å². The molecule has 3 nitrogen and oxygen atoms in total. The second-order valence-electron chi connectivity index (χ2n) is 3.35. The van der Waals surface area contributed by atoms with Gasteiger partial charge >= 0.3 is 0 Å². The Morgan fingerprint density at radius 3 is 3.17 bits per heavy atom. The Balaban J connectivity index is 2.17. The molecule has 1 unspecified atom stereocenters. The van der Waals surface area contributed by atoms with E-state index in [9.17, 15) is 4.79 Å². The first-order chi connectivity index (χ1) is 5.83. The lowest BCUT2D eigenvalue weighted by atomic mass is 9.88. The smallest absolute Gasteiger partial charge is 0.188 e. The van der Waals surface area contributed by atoms with Crippen molar-refractivity contribution >= 4 is 5.78 Å². The van der Waals surface area contributed by atoms with Gasteiger partial charge in [0.25, 0.3) is 0 Å². The Hall–Kier alpha value is -0.670. The monoisotopic (exact) mass is 167 g/mol. The lowest BCUT2D eigenvalue weighted by molar-refractivity contribution is -0.142. The highest BCUT2D eigenvalue weighted by molar-refractivity contribution is 5.98. The van der Waals surface area contributed by atoms with E-state index in [1.165, 1.54) is 0 Å². The van der Waals surface area contributed by atoms with Crippen molar-refractivity contribution in [3.05, 3.63) is 12.2 Å². The highest BCUT2D eigenvalue weighted by atomic mass is 16.5. The van der Waals surface area contributed by atoms with Crippen LogP contribution in [-0.2, 0) is 9.53 Å². The van der Waals surface area contributed by atoms with Gasteiger partial charge in [0.05, 0.1) is 6.61 Å². The van der Waals surface area contributed by atoms with Gasteiger partial charge in [-0.05, 0) is 25.5 Å². The van der Waals surface area contributed by atoms with E-state index >= 15 is 0 Å². The normalized spacial score (nSPS) is 35.8. The highest BCUT2D eigenvalue weighted by Gasteiger charge is 2.40. The average Bonchev–Trinajstić information content (AvgIpc) is 2.12. The number of ether oxygens (including phenoxy) is 1. The summed E-state index contributed by atoms with van der Waals surface area (Å²) in [7, 11) is 0. The summed E-state index contributed by atoms with van der Waals surface area (Å²) in [6, 6.07) is 0. The van der Waals surface area contributed by atoms with Gasteiger partial charge in [-0.2, -0.15) is 0 Å². The number of rotatable bonds is 0. The van der Waals surface area contributed by atoms with Gasteiger partial charge in [-0.25, -0.2) is 0 Å². The van der Waals surface area contributed by atoms with E-state index in [0.717, 1.165) is 19.4 Å². The molecule has 12 heavy (non-hydrogen) atoms. The zero-order chi connectivity index (χ0) is 8.44. The second kappa shape index (κ2) is 2.99. The van der Waals surface area contributed by atoms with Gasteiger partial charge in [-0.15, -0.1) is 0 Å². The Bertz CT molecular complexity index is 217. The van der Waals surface area contributed by atoms with Crippen LogP contribution in [0.3, 0.4) is 0 Å². The molecular formula is C9H13NO2. The molecule has 1 atom stereocenters. The number of hydrogen-bond acceptors (Lipinski definition) is 3. The highest BCUT2D eigenvalue weighted by Crippen LogP contribution is 2.24. The molecule has 1 N–H and O–H groups in total. The van der Waals surface area contributed by atoms with E-state index in [4.69, 9.17) is 4.74 Å². The van der Waals surface area contributed by atoms with Crippen LogP contribution in [0.15, 0.2) is 12.2 Å². The maximum atomic E-state index is 11.5. The number of piperidine rings is 1. The third kappa shape index (κ3) is 1.19. The van der Waals surface area contributed by atoms with Gasteiger partial charge in [0, 0.05) is 6.54 Å². The van der Waals surface area contributed by atoms with Crippen LogP contribution < -0.4 is 5.32 Å². The van der Waals surface area contributed by atoms with Gasteiger partial charge in [-0.3, -0.25) is 4.79 Å². The number of ketones is 1. The lowest BCUT2D eigenvalue weighted by Gasteiger charge is -2.36. The van der Waals surface area contributed by atoms with Crippen LogP contribution in [0.25, 0.3) is 0 Å². The van der Waals surface area contributed by atoms with Gasteiger partial charge < -0.3 is 10.1 Å². The van der Waals surface area contributed by atoms with E-state index < -0.39 is 5.60 Å². The van der Waals surface area contributed by atoms with Crippen LogP contribution in [0.4, 0.5) is 0 Å². The van der Waals surface area contributed by atoms with Gasteiger partial charge in [0.2, 0.25) is 0 Å². The minimum absolute atomic E-state index is 0.126. The summed E-state index contributed by atoms with van der Waals surface area (Å²) < 4.78 is 5.52.